The van der Waals surface area contributed by atoms with Crippen molar-refractivity contribution in [3.63, 3.8) is 0 Å². The van der Waals surface area contributed by atoms with Gasteiger partial charge in [-0.1, -0.05) is 32.8 Å². The first-order valence-electron chi connectivity index (χ1n) is 6.78. The van der Waals surface area contributed by atoms with Gasteiger partial charge in [0.25, 0.3) is 0 Å². The van der Waals surface area contributed by atoms with Crippen LogP contribution in [0.2, 0.25) is 0 Å². The van der Waals surface area contributed by atoms with Crippen molar-refractivity contribution in [3.05, 3.63) is 34.1 Å². The Hall–Kier alpha value is -0.410. The number of hydrogen-bond acceptors (Lipinski definition) is 1. The topological polar surface area (TPSA) is 26.0 Å². The summed E-state index contributed by atoms with van der Waals surface area (Å²) in [7, 11) is 0. The molecular weight excluding hydrogens is 293 g/mol. The van der Waals surface area contributed by atoms with E-state index in [0.29, 0.717) is 10.4 Å². The predicted molar refractivity (Wildman–Crippen MR) is 79.1 cm³/mol. The lowest BCUT2D eigenvalue weighted by Crippen LogP contribution is -2.32. The van der Waals surface area contributed by atoms with Gasteiger partial charge in [0, 0.05) is 6.04 Å². The van der Waals surface area contributed by atoms with E-state index in [9.17, 15) is 4.39 Å². The van der Waals surface area contributed by atoms with E-state index in [1.54, 1.807) is 0 Å². The van der Waals surface area contributed by atoms with Crippen molar-refractivity contribution in [2.45, 2.75) is 52.0 Å². The van der Waals surface area contributed by atoms with Crippen LogP contribution in [0.4, 0.5) is 4.39 Å². The summed E-state index contributed by atoms with van der Waals surface area (Å²) < 4.78 is 13.7. The molecule has 18 heavy (non-hydrogen) atoms. The van der Waals surface area contributed by atoms with E-state index in [2.05, 4.69) is 29.8 Å². The van der Waals surface area contributed by atoms with Gasteiger partial charge in [0.15, 0.2) is 0 Å². The van der Waals surface area contributed by atoms with Crippen LogP contribution in [0.3, 0.4) is 0 Å². The fraction of sp³-hybridized carbons (Fsp3) is 0.600. The molecule has 1 rings (SSSR count). The summed E-state index contributed by atoms with van der Waals surface area (Å²) in [6.45, 7) is 4.40. The zero-order valence-corrected chi connectivity index (χ0v) is 12.8. The largest absolute Gasteiger partial charge is 0.327 e. The van der Waals surface area contributed by atoms with Crippen LogP contribution in [0.25, 0.3) is 0 Å². The molecule has 0 saturated heterocycles. The lowest BCUT2D eigenvalue weighted by Gasteiger charge is -2.23. The van der Waals surface area contributed by atoms with Gasteiger partial charge in [0.2, 0.25) is 0 Å². The Morgan fingerprint density at radius 1 is 1.22 bits per heavy atom. The molecule has 1 unspecified atom stereocenters. The second kappa shape index (κ2) is 7.90. The average Bonchev–Trinajstić information content (AvgIpc) is 2.33. The molecule has 1 nitrogen and oxygen atoms in total. The fourth-order valence-electron chi connectivity index (χ4n) is 2.42. The molecule has 1 atom stereocenters. The summed E-state index contributed by atoms with van der Waals surface area (Å²) in [6, 6.07) is 5.34. The molecule has 0 amide bonds. The Balaban J connectivity index is 2.66. The van der Waals surface area contributed by atoms with Gasteiger partial charge in [0.05, 0.1) is 4.47 Å². The minimum atomic E-state index is -0.217. The highest BCUT2D eigenvalue weighted by molar-refractivity contribution is 9.10. The zero-order chi connectivity index (χ0) is 13.5. The van der Waals surface area contributed by atoms with Gasteiger partial charge < -0.3 is 5.73 Å². The van der Waals surface area contributed by atoms with Gasteiger partial charge in [-0.25, -0.2) is 4.39 Å². The number of nitrogens with two attached hydrogens (primary N) is 1. The number of halogens is 2. The summed E-state index contributed by atoms with van der Waals surface area (Å²) in [5.74, 6) is 0.356. The first-order valence-corrected chi connectivity index (χ1v) is 7.57. The quantitative estimate of drug-likeness (QED) is 0.777. The first-order chi connectivity index (χ1) is 8.58. The van der Waals surface area contributed by atoms with Crippen LogP contribution in [0.1, 0.15) is 45.1 Å². The summed E-state index contributed by atoms with van der Waals surface area (Å²) in [6.07, 6.45) is 5.52. The molecule has 0 spiro atoms. The van der Waals surface area contributed by atoms with Crippen LogP contribution in [0, 0.1) is 11.7 Å². The second-order valence-corrected chi connectivity index (χ2v) is 5.81. The minimum Gasteiger partial charge on any atom is -0.327 e. The van der Waals surface area contributed by atoms with Gasteiger partial charge in [-0.2, -0.15) is 0 Å². The summed E-state index contributed by atoms with van der Waals surface area (Å²) >= 11 is 3.22. The van der Waals surface area contributed by atoms with Crippen molar-refractivity contribution in [3.8, 4) is 0 Å². The normalized spacial score (nSPS) is 13.0. The summed E-state index contributed by atoms with van der Waals surface area (Å²) in [5, 5.41) is 0. The molecule has 0 bridgehead atoms. The molecule has 0 saturated carbocycles. The first kappa shape index (κ1) is 15.6. The molecule has 0 radical (unpaired) electrons. The molecule has 0 aliphatic rings. The average molecular weight is 316 g/mol. The molecule has 3 heteroatoms. The molecular formula is C15H23BrFN. The van der Waals surface area contributed by atoms with Crippen molar-refractivity contribution in [1.82, 2.24) is 0 Å². The Labute approximate surface area is 118 Å². The summed E-state index contributed by atoms with van der Waals surface area (Å²) in [5.41, 5.74) is 7.41. The molecule has 102 valence electrons. The van der Waals surface area contributed by atoms with Crippen molar-refractivity contribution in [2.24, 2.45) is 11.7 Å². The summed E-state index contributed by atoms with van der Waals surface area (Å²) in [4.78, 5) is 0. The lowest BCUT2D eigenvalue weighted by molar-refractivity contribution is 0.360. The highest BCUT2D eigenvalue weighted by atomic mass is 79.9. The molecule has 1 aromatic carbocycles. The van der Waals surface area contributed by atoms with Gasteiger partial charge in [-0.15, -0.1) is 0 Å². The SMILES string of the molecule is CCCC(CCC)C(N)Cc1ccc(F)c(Br)c1. The second-order valence-electron chi connectivity index (χ2n) is 4.95. The fourth-order valence-corrected chi connectivity index (χ4v) is 2.85. The molecule has 2 N–H and O–H groups in total. The molecule has 0 heterocycles. The van der Waals surface area contributed by atoms with Crippen molar-refractivity contribution in [1.29, 1.82) is 0 Å². The molecule has 0 aliphatic carbocycles. The minimum absolute atomic E-state index is 0.169. The number of benzene rings is 1. The Morgan fingerprint density at radius 2 is 1.83 bits per heavy atom. The molecule has 0 aliphatic heterocycles. The van der Waals surface area contributed by atoms with E-state index >= 15 is 0 Å². The van der Waals surface area contributed by atoms with Gasteiger partial charge in [-0.05, 0) is 58.8 Å². The third-order valence-corrected chi connectivity index (χ3v) is 3.99. The highest BCUT2D eigenvalue weighted by Gasteiger charge is 2.17. The highest BCUT2D eigenvalue weighted by Crippen LogP contribution is 2.22. The third-order valence-electron chi connectivity index (χ3n) is 3.38. The van der Waals surface area contributed by atoms with Crippen LogP contribution in [-0.2, 0) is 6.42 Å². The zero-order valence-electron chi connectivity index (χ0n) is 11.3. The van der Waals surface area contributed by atoms with Gasteiger partial charge >= 0.3 is 0 Å². The van der Waals surface area contributed by atoms with Crippen molar-refractivity contribution in [2.75, 3.05) is 0 Å². The molecule has 0 aromatic heterocycles. The monoisotopic (exact) mass is 315 g/mol. The predicted octanol–water partition coefficient (Wildman–Crippen LogP) is 4.67. The van der Waals surface area contributed by atoms with Crippen LogP contribution in [0.15, 0.2) is 22.7 Å². The van der Waals surface area contributed by atoms with Gasteiger partial charge in [-0.3, -0.25) is 0 Å². The van der Waals surface area contributed by atoms with E-state index < -0.39 is 0 Å². The van der Waals surface area contributed by atoms with Crippen LogP contribution in [-0.4, -0.2) is 6.04 Å². The van der Waals surface area contributed by atoms with Gasteiger partial charge in [0.1, 0.15) is 5.82 Å². The Bertz CT molecular complexity index is 362. The standard InChI is InChI=1S/C15H23BrFN/c1-3-5-12(6-4-2)15(18)10-11-7-8-14(17)13(16)9-11/h7-9,12,15H,3-6,10,18H2,1-2H3. The van der Waals surface area contributed by atoms with Crippen LogP contribution in [0.5, 0.6) is 0 Å². The van der Waals surface area contributed by atoms with E-state index in [-0.39, 0.29) is 11.9 Å². The number of rotatable bonds is 7. The van der Waals surface area contributed by atoms with E-state index in [1.807, 2.05) is 12.1 Å². The Morgan fingerprint density at radius 3 is 2.33 bits per heavy atom. The maximum atomic E-state index is 13.2. The van der Waals surface area contributed by atoms with E-state index in [4.69, 9.17) is 5.73 Å². The van der Waals surface area contributed by atoms with E-state index in [0.717, 1.165) is 12.0 Å². The van der Waals surface area contributed by atoms with E-state index in [1.165, 1.54) is 31.7 Å². The van der Waals surface area contributed by atoms with Crippen LogP contribution < -0.4 is 5.73 Å². The van der Waals surface area contributed by atoms with Crippen molar-refractivity contribution < 1.29 is 4.39 Å². The van der Waals surface area contributed by atoms with Crippen molar-refractivity contribution >= 4 is 15.9 Å². The van der Waals surface area contributed by atoms with Crippen LogP contribution >= 0.6 is 15.9 Å². The molecule has 1 aromatic rings. The Kier molecular flexibility index (Phi) is 6.87. The maximum Gasteiger partial charge on any atom is 0.137 e. The number of hydrogen-bond donors (Lipinski definition) is 1. The molecule has 0 fully saturated rings. The lowest BCUT2D eigenvalue weighted by atomic mass is 9.87. The maximum absolute atomic E-state index is 13.2. The smallest absolute Gasteiger partial charge is 0.137 e. The third kappa shape index (κ3) is 4.69.